The van der Waals surface area contributed by atoms with Gasteiger partial charge in [0.1, 0.15) is 12.4 Å². The van der Waals surface area contributed by atoms with E-state index in [9.17, 15) is 14.0 Å². The fraction of sp³-hybridized carbons (Fsp3) is 0.200. The summed E-state index contributed by atoms with van der Waals surface area (Å²) in [5.74, 6) is -2.25. The predicted octanol–water partition coefficient (Wildman–Crippen LogP) is 4.10. The van der Waals surface area contributed by atoms with Gasteiger partial charge in [-0.2, -0.15) is 0 Å². The minimum Gasteiger partial charge on any atom is -0.457 e. The molecule has 3 rings (SSSR count). The van der Waals surface area contributed by atoms with Gasteiger partial charge in [0.2, 0.25) is 5.91 Å². The third-order valence-corrected chi connectivity index (χ3v) is 4.58. The second-order valence-electron chi connectivity index (χ2n) is 6.04. The molecule has 0 unspecified atom stereocenters. The fourth-order valence-corrected chi connectivity index (χ4v) is 3.36. The van der Waals surface area contributed by atoms with E-state index in [4.69, 9.17) is 16.3 Å². The Morgan fingerprint density at radius 2 is 1.96 bits per heavy atom. The van der Waals surface area contributed by atoms with E-state index < -0.39 is 17.7 Å². The highest BCUT2D eigenvalue weighted by atomic mass is 35.5. The van der Waals surface area contributed by atoms with Crippen molar-refractivity contribution in [3.8, 4) is 0 Å². The van der Waals surface area contributed by atoms with Gasteiger partial charge in [-0.05, 0) is 24.6 Å². The minimum atomic E-state index is -0.791. The Hall–Kier alpha value is -2.66. The number of carbonyl (C=O) groups excluding carboxylic acids is 2. The van der Waals surface area contributed by atoms with Crippen LogP contribution in [0.5, 0.6) is 0 Å². The lowest BCUT2D eigenvalue weighted by Gasteiger charge is -2.27. The number of amides is 1. The molecule has 0 saturated carbocycles. The smallest absolute Gasteiger partial charge is 0.336 e. The Kier molecular flexibility index (Phi) is 5.38. The maximum Gasteiger partial charge on any atom is 0.336 e. The summed E-state index contributed by atoms with van der Waals surface area (Å²) in [6.07, 6.45) is -0.0756. The standard InChI is InChI=1S/C20H17ClFNO3/c1-12-18(20(25)26-11-13-6-3-2-4-7-13)14(10-17(24)23-12)19-15(21)8-5-9-16(19)22/h2-9,14H,10-11H2,1H3,(H,23,24)/t14-/m1/s1. The van der Waals surface area contributed by atoms with Crippen LogP contribution in [0.25, 0.3) is 0 Å². The molecule has 6 heteroatoms. The highest BCUT2D eigenvalue weighted by Gasteiger charge is 2.35. The average molecular weight is 374 g/mol. The molecule has 0 saturated heterocycles. The van der Waals surface area contributed by atoms with Crippen LogP contribution in [-0.2, 0) is 20.9 Å². The van der Waals surface area contributed by atoms with Crippen molar-refractivity contribution < 1.29 is 18.7 Å². The van der Waals surface area contributed by atoms with Crippen LogP contribution in [0, 0.1) is 5.82 Å². The molecular formula is C20H17ClFNO3. The summed E-state index contributed by atoms with van der Waals surface area (Å²) in [7, 11) is 0. The Balaban J connectivity index is 1.92. The van der Waals surface area contributed by atoms with Gasteiger partial charge in [0.15, 0.2) is 0 Å². The molecule has 0 aliphatic carbocycles. The summed E-state index contributed by atoms with van der Waals surface area (Å²) in [5.41, 5.74) is 1.53. The number of nitrogens with one attached hydrogen (secondary N) is 1. The molecule has 0 fully saturated rings. The van der Waals surface area contributed by atoms with E-state index in [1.807, 2.05) is 30.3 Å². The number of hydrogen-bond acceptors (Lipinski definition) is 3. The first kappa shape index (κ1) is 18.1. The molecule has 0 radical (unpaired) electrons. The lowest BCUT2D eigenvalue weighted by atomic mass is 9.84. The van der Waals surface area contributed by atoms with Crippen molar-refractivity contribution in [3.05, 3.63) is 81.8 Å². The normalized spacial score (nSPS) is 17.0. The Labute approximate surface area is 155 Å². The molecule has 26 heavy (non-hydrogen) atoms. The number of esters is 1. The maximum atomic E-state index is 14.4. The lowest BCUT2D eigenvalue weighted by Crippen LogP contribution is -2.34. The topological polar surface area (TPSA) is 55.4 Å². The number of carbonyl (C=O) groups is 2. The highest BCUT2D eigenvalue weighted by Crippen LogP contribution is 2.38. The SMILES string of the molecule is CC1=C(C(=O)OCc2ccccc2)[C@H](c2c(F)cccc2Cl)CC(=O)N1. The van der Waals surface area contributed by atoms with Crippen molar-refractivity contribution in [2.45, 2.75) is 25.9 Å². The fourth-order valence-electron chi connectivity index (χ4n) is 3.06. The van der Waals surface area contributed by atoms with Crippen LogP contribution in [0.3, 0.4) is 0 Å². The molecule has 1 N–H and O–H groups in total. The summed E-state index contributed by atoms with van der Waals surface area (Å²) < 4.78 is 19.8. The van der Waals surface area contributed by atoms with E-state index >= 15 is 0 Å². The van der Waals surface area contributed by atoms with Crippen LogP contribution in [-0.4, -0.2) is 11.9 Å². The van der Waals surface area contributed by atoms with Gasteiger partial charge in [-0.25, -0.2) is 9.18 Å². The van der Waals surface area contributed by atoms with Crippen LogP contribution < -0.4 is 5.32 Å². The molecule has 1 heterocycles. The molecule has 0 aromatic heterocycles. The summed E-state index contributed by atoms with van der Waals surface area (Å²) in [6.45, 7) is 1.68. The molecule has 1 aliphatic heterocycles. The minimum absolute atomic E-state index is 0.0756. The number of hydrogen-bond donors (Lipinski definition) is 1. The number of benzene rings is 2. The number of ether oxygens (including phenoxy) is 1. The number of rotatable bonds is 4. The van der Waals surface area contributed by atoms with Crippen molar-refractivity contribution in [3.63, 3.8) is 0 Å². The van der Waals surface area contributed by atoms with E-state index in [1.165, 1.54) is 18.2 Å². The van der Waals surface area contributed by atoms with Gasteiger partial charge < -0.3 is 10.1 Å². The van der Waals surface area contributed by atoms with E-state index in [-0.39, 0.29) is 35.1 Å². The van der Waals surface area contributed by atoms with Crippen LogP contribution in [0.1, 0.15) is 30.4 Å². The van der Waals surface area contributed by atoms with Crippen molar-refractivity contribution >= 4 is 23.5 Å². The van der Waals surface area contributed by atoms with E-state index in [0.29, 0.717) is 5.70 Å². The molecule has 2 aromatic rings. The molecular weight excluding hydrogens is 357 g/mol. The molecule has 1 atom stereocenters. The zero-order valence-corrected chi connectivity index (χ0v) is 14.8. The van der Waals surface area contributed by atoms with Gasteiger partial charge in [0.05, 0.1) is 5.57 Å². The second kappa shape index (κ2) is 7.70. The summed E-state index contributed by atoms with van der Waals surface area (Å²) in [4.78, 5) is 24.7. The third-order valence-electron chi connectivity index (χ3n) is 4.25. The molecule has 134 valence electrons. The first-order valence-electron chi connectivity index (χ1n) is 8.13. The molecule has 4 nitrogen and oxygen atoms in total. The van der Waals surface area contributed by atoms with E-state index in [2.05, 4.69) is 5.32 Å². The Morgan fingerprint density at radius 3 is 2.65 bits per heavy atom. The first-order chi connectivity index (χ1) is 12.5. The summed E-state index contributed by atoms with van der Waals surface area (Å²) >= 11 is 6.15. The molecule has 0 bridgehead atoms. The highest BCUT2D eigenvalue weighted by molar-refractivity contribution is 6.31. The van der Waals surface area contributed by atoms with Crippen LogP contribution in [0.4, 0.5) is 4.39 Å². The summed E-state index contributed by atoms with van der Waals surface area (Å²) in [5, 5.41) is 2.79. The van der Waals surface area contributed by atoms with Gasteiger partial charge in [0, 0.05) is 28.6 Å². The van der Waals surface area contributed by atoms with Crippen molar-refractivity contribution in [1.82, 2.24) is 5.32 Å². The Morgan fingerprint density at radius 1 is 1.23 bits per heavy atom. The zero-order chi connectivity index (χ0) is 18.7. The average Bonchev–Trinajstić information content (AvgIpc) is 2.60. The van der Waals surface area contributed by atoms with Gasteiger partial charge in [-0.3, -0.25) is 4.79 Å². The van der Waals surface area contributed by atoms with Crippen LogP contribution >= 0.6 is 11.6 Å². The summed E-state index contributed by atoms with van der Waals surface area (Å²) in [6, 6.07) is 13.5. The second-order valence-corrected chi connectivity index (χ2v) is 6.45. The zero-order valence-electron chi connectivity index (χ0n) is 14.1. The quantitative estimate of drug-likeness (QED) is 0.821. The monoisotopic (exact) mass is 373 g/mol. The van der Waals surface area contributed by atoms with Gasteiger partial charge >= 0.3 is 5.97 Å². The van der Waals surface area contributed by atoms with Gasteiger partial charge in [-0.1, -0.05) is 48.0 Å². The van der Waals surface area contributed by atoms with Gasteiger partial charge in [-0.15, -0.1) is 0 Å². The lowest BCUT2D eigenvalue weighted by molar-refractivity contribution is -0.141. The number of allylic oxidation sites excluding steroid dienone is 1. The molecule has 1 amide bonds. The van der Waals surface area contributed by atoms with E-state index in [0.717, 1.165) is 5.56 Å². The van der Waals surface area contributed by atoms with E-state index in [1.54, 1.807) is 6.92 Å². The van der Waals surface area contributed by atoms with Crippen molar-refractivity contribution in [2.75, 3.05) is 0 Å². The predicted molar refractivity (Wildman–Crippen MR) is 95.8 cm³/mol. The first-order valence-corrected chi connectivity index (χ1v) is 8.50. The van der Waals surface area contributed by atoms with Crippen LogP contribution in [0.15, 0.2) is 59.8 Å². The van der Waals surface area contributed by atoms with Gasteiger partial charge in [0.25, 0.3) is 0 Å². The molecule has 1 aliphatic rings. The maximum absolute atomic E-state index is 14.4. The van der Waals surface area contributed by atoms with Crippen molar-refractivity contribution in [2.24, 2.45) is 0 Å². The molecule has 2 aromatic carbocycles. The third kappa shape index (κ3) is 3.78. The Bertz CT molecular complexity index is 860. The van der Waals surface area contributed by atoms with Crippen molar-refractivity contribution in [1.29, 1.82) is 0 Å². The number of halogens is 2. The molecule has 0 spiro atoms. The largest absolute Gasteiger partial charge is 0.457 e. The van der Waals surface area contributed by atoms with Crippen LogP contribution in [0.2, 0.25) is 5.02 Å².